The molecule has 0 radical (unpaired) electrons. The molecular weight excluding hydrogens is 218 g/mol. The van der Waals surface area contributed by atoms with E-state index in [4.69, 9.17) is 11.6 Å². The molecule has 0 saturated carbocycles. The van der Waals surface area contributed by atoms with Gasteiger partial charge in [0.15, 0.2) is 0 Å². The van der Waals surface area contributed by atoms with Crippen molar-refractivity contribution in [1.82, 2.24) is 0 Å². The molecule has 1 aliphatic heterocycles. The highest BCUT2D eigenvalue weighted by Crippen LogP contribution is 2.34. The van der Waals surface area contributed by atoms with E-state index in [1.165, 1.54) is 36.2 Å². The number of halogens is 1. The Hall–Kier alpha value is -0.690. The average Bonchev–Trinajstić information content (AvgIpc) is 2.58. The van der Waals surface area contributed by atoms with Crippen LogP contribution in [0.4, 0.5) is 5.69 Å². The van der Waals surface area contributed by atoms with Crippen molar-refractivity contribution in [2.75, 3.05) is 11.4 Å². The van der Waals surface area contributed by atoms with Crippen molar-refractivity contribution in [1.29, 1.82) is 0 Å². The Morgan fingerprint density at radius 1 is 1.38 bits per heavy atom. The molecule has 2 rings (SSSR count). The number of hydrogen-bond donors (Lipinski definition) is 0. The van der Waals surface area contributed by atoms with Crippen molar-refractivity contribution >= 4 is 17.3 Å². The number of aryl methyl sites for hydroxylation is 1. The minimum absolute atomic E-state index is 0.301. The highest BCUT2D eigenvalue weighted by atomic mass is 35.5. The Morgan fingerprint density at radius 3 is 2.62 bits per heavy atom. The van der Waals surface area contributed by atoms with E-state index in [0.29, 0.717) is 11.4 Å². The summed E-state index contributed by atoms with van der Waals surface area (Å²) < 4.78 is 0. The number of anilines is 1. The molecule has 0 N–H and O–H groups in total. The van der Waals surface area contributed by atoms with Gasteiger partial charge in [0.1, 0.15) is 0 Å². The predicted octanol–water partition coefficient (Wildman–Crippen LogP) is 4.11. The van der Waals surface area contributed by atoms with Gasteiger partial charge in [-0.3, -0.25) is 0 Å². The topological polar surface area (TPSA) is 3.24 Å². The lowest BCUT2D eigenvalue weighted by atomic mass is 10.0. The molecule has 0 aliphatic carbocycles. The highest BCUT2D eigenvalue weighted by molar-refractivity contribution is 6.17. The minimum Gasteiger partial charge on any atom is -0.366 e. The van der Waals surface area contributed by atoms with Crippen LogP contribution in [-0.4, -0.2) is 12.1 Å². The van der Waals surface area contributed by atoms with Crippen molar-refractivity contribution in [2.45, 2.75) is 45.0 Å². The Bertz CT molecular complexity index is 384. The normalized spacial score (nSPS) is 19.1. The van der Waals surface area contributed by atoms with E-state index in [1.807, 2.05) is 0 Å². The smallest absolute Gasteiger partial charge is 0.0476 e. The molecule has 0 unspecified atom stereocenters. The van der Waals surface area contributed by atoms with Crippen LogP contribution in [0.5, 0.6) is 0 Å². The molecule has 88 valence electrons. The van der Waals surface area contributed by atoms with Crippen LogP contribution in [0.1, 0.15) is 37.8 Å². The van der Waals surface area contributed by atoms with Gasteiger partial charge in [0.2, 0.25) is 0 Å². The standard InChI is InChI=1S/C14H20ClN/c1-11-9-13(6-5-12(11)10-15)16-8-4-7-14(16,2)3/h5-6,9H,4,7-8,10H2,1-3H3. The van der Waals surface area contributed by atoms with E-state index in [2.05, 4.69) is 43.9 Å². The van der Waals surface area contributed by atoms with Gasteiger partial charge in [0.25, 0.3) is 0 Å². The van der Waals surface area contributed by atoms with Crippen LogP contribution in [0.25, 0.3) is 0 Å². The Kier molecular flexibility index (Phi) is 3.16. The quantitative estimate of drug-likeness (QED) is 0.700. The van der Waals surface area contributed by atoms with Gasteiger partial charge in [-0.15, -0.1) is 11.6 Å². The minimum atomic E-state index is 0.301. The van der Waals surface area contributed by atoms with Crippen LogP contribution in [0.3, 0.4) is 0 Å². The fourth-order valence-electron chi connectivity index (χ4n) is 2.58. The number of hydrogen-bond acceptors (Lipinski definition) is 1. The molecule has 2 heteroatoms. The summed E-state index contributed by atoms with van der Waals surface area (Å²) in [4.78, 5) is 2.51. The fraction of sp³-hybridized carbons (Fsp3) is 0.571. The highest BCUT2D eigenvalue weighted by Gasteiger charge is 2.31. The third-order valence-electron chi connectivity index (χ3n) is 3.68. The average molecular weight is 238 g/mol. The molecule has 1 nitrogen and oxygen atoms in total. The van der Waals surface area contributed by atoms with Crippen LogP contribution in [0, 0.1) is 6.92 Å². The largest absolute Gasteiger partial charge is 0.366 e. The van der Waals surface area contributed by atoms with Crippen LogP contribution in [-0.2, 0) is 5.88 Å². The van der Waals surface area contributed by atoms with E-state index >= 15 is 0 Å². The van der Waals surface area contributed by atoms with Crippen molar-refractivity contribution < 1.29 is 0 Å². The molecular formula is C14H20ClN. The Labute approximate surface area is 103 Å². The first-order chi connectivity index (χ1) is 7.54. The first-order valence-corrected chi connectivity index (χ1v) is 6.51. The maximum atomic E-state index is 5.89. The number of nitrogens with zero attached hydrogens (tertiary/aromatic N) is 1. The first kappa shape index (κ1) is 11.8. The molecule has 0 bridgehead atoms. The van der Waals surface area contributed by atoms with Crippen LogP contribution in [0.15, 0.2) is 18.2 Å². The van der Waals surface area contributed by atoms with Gasteiger partial charge in [0.05, 0.1) is 0 Å². The summed E-state index contributed by atoms with van der Waals surface area (Å²) in [7, 11) is 0. The van der Waals surface area contributed by atoms with Crippen molar-refractivity contribution in [3.05, 3.63) is 29.3 Å². The fourth-order valence-corrected chi connectivity index (χ4v) is 2.88. The number of rotatable bonds is 2. The third-order valence-corrected chi connectivity index (χ3v) is 3.97. The summed E-state index contributed by atoms with van der Waals surface area (Å²) in [5, 5.41) is 0. The molecule has 0 atom stereocenters. The van der Waals surface area contributed by atoms with Gasteiger partial charge in [-0.25, -0.2) is 0 Å². The summed E-state index contributed by atoms with van der Waals surface area (Å²) >= 11 is 5.89. The molecule has 1 heterocycles. The summed E-state index contributed by atoms with van der Waals surface area (Å²) in [6.45, 7) is 7.96. The molecule has 1 fully saturated rings. The van der Waals surface area contributed by atoms with Gasteiger partial charge in [-0.1, -0.05) is 6.07 Å². The Balaban J connectivity index is 2.31. The molecule has 1 aromatic carbocycles. The van der Waals surface area contributed by atoms with Crippen molar-refractivity contribution in [3.63, 3.8) is 0 Å². The maximum absolute atomic E-state index is 5.89. The van der Waals surface area contributed by atoms with Gasteiger partial charge in [-0.2, -0.15) is 0 Å². The monoisotopic (exact) mass is 237 g/mol. The van der Waals surface area contributed by atoms with Gasteiger partial charge in [-0.05, 0) is 56.9 Å². The predicted molar refractivity (Wildman–Crippen MR) is 71.4 cm³/mol. The van der Waals surface area contributed by atoms with E-state index in [0.717, 1.165) is 0 Å². The lowest BCUT2D eigenvalue weighted by molar-refractivity contribution is 0.518. The van der Waals surface area contributed by atoms with Crippen molar-refractivity contribution in [3.8, 4) is 0 Å². The molecule has 0 aromatic heterocycles. The third kappa shape index (κ3) is 2.06. The summed E-state index contributed by atoms with van der Waals surface area (Å²) in [6.07, 6.45) is 2.58. The van der Waals surface area contributed by atoms with E-state index in [9.17, 15) is 0 Å². The zero-order valence-electron chi connectivity index (χ0n) is 10.4. The van der Waals surface area contributed by atoms with Crippen LogP contribution >= 0.6 is 11.6 Å². The van der Waals surface area contributed by atoms with E-state index in [-0.39, 0.29) is 0 Å². The van der Waals surface area contributed by atoms with Crippen molar-refractivity contribution in [2.24, 2.45) is 0 Å². The summed E-state index contributed by atoms with van der Waals surface area (Å²) in [5.41, 5.74) is 4.18. The van der Waals surface area contributed by atoms with Crippen LogP contribution in [0.2, 0.25) is 0 Å². The van der Waals surface area contributed by atoms with Gasteiger partial charge >= 0.3 is 0 Å². The molecule has 0 amide bonds. The summed E-state index contributed by atoms with van der Waals surface area (Å²) in [6, 6.07) is 6.63. The molecule has 16 heavy (non-hydrogen) atoms. The number of alkyl halides is 1. The van der Waals surface area contributed by atoms with Gasteiger partial charge < -0.3 is 4.90 Å². The lowest BCUT2D eigenvalue weighted by Gasteiger charge is -2.34. The SMILES string of the molecule is Cc1cc(N2CCCC2(C)C)ccc1CCl. The maximum Gasteiger partial charge on any atom is 0.0476 e. The van der Waals surface area contributed by atoms with Gasteiger partial charge in [0, 0.05) is 23.7 Å². The molecule has 1 aliphatic rings. The van der Waals surface area contributed by atoms with E-state index < -0.39 is 0 Å². The molecule has 1 aromatic rings. The first-order valence-electron chi connectivity index (χ1n) is 5.98. The van der Waals surface area contributed by atoms with Crippen LogP contribution < -0.4 is 4.90 Å². The second-order valence-electron chi connectivity index (χ2n) is 5.31. The van der Waals surface area contributed by atoms with E-state index in [1.54, 1.807) is 0 Å². The zero-order valence-corrected chi connectivity index (χ0v) is 11.1. The second-order valence-corrected chi connectivity index (χ2v) is 5.58. The molecule has 1 saturated heterocycles. The lowest BCUT2D eigenvalue weighted by Crippen LogP contribution is -2.38. The number of benzene rings is 1. The summed E-state index contributed by atoms with van der Waals surface area (Å²) in [5.74, 6) is 0.607. The second kappa shape index (κ2) is 4.29. The Morgan fingerprint density at radius 2 is 2.12 bits per heavy atom. The zero-order chi connectivity index (χ0) is 11.8. The molecule has 0 spiro atoms.